The maximum Gasteiger partial charge on any atom is 0.0154 e. The lowest BCUT2D eigenvalue weighted by atomic mass is 9.97. The van der Waals surface area contributed by atoms with Gasteiger partial charge < -0.3 is 5.32 Å². The highest BCUT2D eigenvalue weighted by molar-refractivity contribution is 7.79. The number of thiol groups is 1. The average Bonchev–Trinajstić information content (AvgIpc) is 2.71. The van der Waals surface area contributed by atoms with Crippen LogP contribution in [-0.2, 0) is 5.75 Å². The average molecular weight is 193 g/mol. The van der Waals surface area contributed by atoms with E-state index >= 15 is 0 Å². The molecule has 0 amide bonds. The van der Waals surface area contributed by atoms with Crippen LogP contribution in [0.15, 0.2) is 24.3 Å². The zero-order valence-electron chi connectivity index (χ0n) is 7.66. The van der Waals surface area contributed by atoms with Gasteiger partial charge in [0.15, 0.2) is 0 Å². The predicted molar refractivity (Wildman–Crippen MR) is 59.4 cm³/mol. The Hall–Kier alpha value is -0.470. The smallest absolute Gasteiger partial charge is 0.0154 e. The lowest BCUT2D eigenvalue weighted by Crippen LogP contribution is -2.07. The number of benzene rings is 1. The molecule has 13 heavy (non-hydrogen) atoms. The summed E-state index contributed by atoms with van der Waals surface area (Å²) >= 11 is 4.28. The molecule has 1 saturated heterocycles. The summed E-state index contributed by atoms with van der Waals surface area (Å²) in [4.78, 5) is 0. The second-order valence-corrected chi connectivity index (χ2v) is 3.91. The Morgan fingerprint density at radius 3 is 3.08 bits per heavy atom. The fraction of sp³-hybridized carbons (Fsp3) is 0.455. The summed E-state index contributed by atoms with van der Waals surface area (Å²) in [6, 6.07) is 8.79. The van der Waals surface area contributed by atoms with Gasteiger partial charge in [0.25, 0.3) is 0 Å². The summed E-state index contributed by atoms with van der Waals surface area (Å²) in [7, 11) is 0. The van der Waals surface area contributed by atoms with Gasteiger partial charge in [-0.25, -0.2) is 0 Å². The van der Waals surface area contributed by atoms with Crippen molar-refractivity contribution in [3.8, 4) is 0 Å². The molecule has 0 aliphatic carbocycles. The molecule has 0 bridgehead atoms. The van der Waals surface area contributed by atoms with E-state index in [1.54, 1.807) is 0 Å². The minimum atomic E-state index is 0.722. The lowest BCUT2D eigenvalue weighted by Gasteiger charge is -2.09. The molecule has 1 aliphatic heterocycles. The molecule has 0 spiro atoms. The van der Waals surface area contributed by atoms with E-state index in [1.165, 1.54) is 17.5 Å². The first-order valence-corrected chi connectivity index (χ1v) is 5.44. The Morgan fingerprint density at radius 2 is 2.38 bits per heavy atom. The number of hydrogen-bond acceptors (Lipinski definition) is 2. The second kappa shape index (κ2) is 4.16. The highest BCUT2D eigenvalue weighted by Gasteiger charge is 2.15. The van der Waals surface area contributed by atoms with Crippen molar-refractivity contribution in [1.29, 1.82) is 0 Å². The van der Waals surface area contributed by atoms with Gasteiger partial charge >= 0.3 is 0 Å². The molecule has 0 radical (unpaired) electrons. The monoisotopic (exact) mass is 193 g/mol. The van der Waals surface area contributed by atoms with E-state index in [9.17, 15) is 0 Å². The third-order valence-electron chi connectivity index (χ3n) is 2.67. The quantitative estimate of drug-likeness (QED) is 0.686. The van der Waals surface area contributed by atoms with Crippen molar-refractivity contribution in [3.63, 3.8) is 0 Å². The van der Waals surface area contributed by atoms with Crippen LogP contribution in [0.5, 0.6) is 0 Å². The van der Waals surface area contributed by atoms with Crippen molar-refractivity contribution < 1.29 is 0 Å². The second-order valence-electron chi connectivity index (χ2n) is 3.59. The zero-order chi connectivity index (χ0) is 9.10. The van der Waals surface area contributed by atoms with Crippen molar-refractivity contribution in [2.45, 2.75) is 18.1 Å². The Bertz CT molecular complexity index is 279. The van der Waals surface area contributed by atoms with Crippen LogP contribution >= 0.6 is 12.6 Å². The van der Waals surface area contributed by atoms with E-state index in [1.807, 2.05) is 0 Å². The van der Waals surface area contributed by atoms with Gasteiger partial charge in [-0.15, -0.1) is 0 Å². The van der Waals surface area contributed by atoms with E-state index in [2.05, 4.69) is 42.2 Å². The summed E-state index contributed by atoms with van der Waals surface area (Å²) in [5.74, 6) is 1.56. The third-order valence-corrected chi connectivity index (χ3v) is 3.03. The Balaban J connectivity index is 2.18. The first-order chi connectivity index (χ1) is 6.40. The predicted octanol–water partition coefficient (Wildman–Crippen LogP) is 2.19. The van der Waals surface area contributed by atoms with Crippen molar-refractivity contribution in [1.82, 2.24) is 5.32 Å². The van der Waals surface area contributed by atoms with Gasteiger partial charge in [-0.1, -0.05) is 24.3 Å². The van der Waals surface area contributed by atoms with E-state index in [0.29, 0.717) is 0 Å². The van der Waals surface area contributed by atoms with Crippen LogP contribution in [0.4, 0.5) is 0 Å². The normalized spacial score (nSPS) is 22.1. The number of nitrogens with one attached hydrogen (secondary N) is 1. The first kappa shape index (κ1) is 9.10. The molecule has 1 atom stereocenters. The Labute approximate surface area is 85.0 Å². The van der Waals surface area contributed by atoms with Crippen LogP contribution in [0.25, 0.3) is 0 Å². The molecule has 1 fully saturated rings. The van der Waals surface area contributed by atoms with E-state index in [4.69, 9.17) is 0 Å². The van der Waals surface area contributed by atoms with Gasteiger partial charge in [-0.3, -0.25) is 0 Å². The lowest BCUT2D eigenvalue weighted by molar-refractivity contribution is 0.762. The molecule has 2 rings (SSSR count). The topological polar surface area (TPSA) is 12.0 Å². The first-order valence-electron chi connectivity index (χ1n) is 4.80. The molecule has 1 aromatic carbocycles. The van der Waals surface area contributed by atoms with Crippen LogP contribution in [0.2, 0.25) is 0 Å². The largest absolute Gasteiger partial charge is 0.316 e. The van der Waals surface area contributed by atoms with Crippen molar-refractivity contribution >= 4 is 12.6 Å². The molecule has 1 heterocycles. The van der Waals surface area contributed by atoms with Crippen LogP contribution in [0.1, 0.15) is 23.5 Å². The molecule has 1 N–H and O–H groups in total. The van der Waals surface area contributed by atoms with Crippen LogP contribution < -0.4 is 5.32 Å². The molecular formula is C11H15NS. The highest BCUT2D eigenvalue weighted by Crippen LogP contribution is 2.23. The van der Waals surface area contributed by atoms with Crippen LogP contribution in [0, 0.1) is 0 Å². The number of rotatable bonds is 2. The van der Waals surface area contributed by atoms with Crippen molar-refractivity contribution in [2.24, 2.45) is 0 Å². The summed E-state index contributed by atoms with van der Waals surface area (Å²) in [5.41, 5.74) is 2.80. The Kier molecular flexibility index (Phi) is 2.91. The molecular weight excluding hydrogens is 178 g/mol. The molecule has 70 valence electrons. The molecule has 0 aromatic heterocycles. The SMILES string of the molecule is SCc1cccc(C2CCNC2)c1. The fourth-order valence-electron chi connectivity index (χ4n) is 1.88. The summed E-state index contributed by atoms with van der Waals surface area (Å²) < 4.78 is 0. The number of hydrogen-bond donors (Lipinski definition) is 2. The van der Waals surface area contributed by atoms with Crippen LogP contribution in [-0.4, -0.2) is 13.1 Å². The van der Waals surface area contributed by atoms with Crippen LogP contribution in [0.3, 0.4) is 0 Å². The molecule has 1 unspecified atom stereocenters. The molecule has 1 aliphatic rings. The van der Waals surface area contributed by atoms with Gasteiger partial charge in [-0.05, 0) is 30.0 Å². The van der Waals surface area contributed by atoms with Gasteiger partial charge in [0.1, 0.15) is 0 Å². The van der Waals surface area contributed by atoms with Gasteiger partial charge in [0.2, 0.25) is 0 Å². The summed E-state index contributed by atoms with van der Waals surface area (Å²) in [6.45, 7) is 2.30. The maximum absolute atomic E-state index is 4.28. The molecule has 1 aromatic rings. The zero-order valence-corrected chi connectivity index (χ0v) is 8.56. The minimum Gasteiger partial charge on any atom is -0.316 e. The maximum atomic E-state index is 4.28. The third kappa shape index (κ3) is 2.06. The standard InChI is InChI=1S/C11H15NS/c13-8-9-2-1-3-10(6-9)11-4-5-12-7-11/h1-3,6,11-13H,4-5,7-8H2. The molecule has 0 saturated carbocycles. The minimum absolute atomic E-state index is 0.722. The highest BCUT2D eigenvalue weighted by atomic mass is 32.1. The van der Waals surface area contributed by atoms with E-state index in [0.717, 1.165) is 24.8 Å². The summed E-state index contributed by atoms with van der Waals surface area (Å²) in [5, 5.41) is 3.39. The van der Waals surface area contributed by atoms with E-state index in [-0.39, 0.29) is 0 Å². The van der Waals surface area contributed by atoms with Gasteiger partial charge in [0.05, 0.1) is 0 Å². The summed E-state index contributed by atoms with van der Waals surface area (Å²) in [6.07, 6.45) is 1.27. The van der Waals surface area contributed by atoms with E-state index < -0.39 is 0 Å². The Morgan fingerprint density at radius 1 is 1.46 bits per heavy atom. The van der Waals surface area contributed by atoms with Gasteiger partial charge in [0, 0.05) is 12.3 Å². The molecule has 2 heteroatoms. The fourth-order valence-corrected chi connectivity index (χ4v) is 2.08. The van der Waals surface area contributed by atoms with Gasteiger partial charge in [-0.2, -0.15) is 12.6 Å². The van der Waals surface area contributed by atoms with Crippen molar-refractivity contribution in [2.75, 3.05) is 13.1 Å². The van der Waals surface area contributed by atoms with Crippen molar-refractivity contribution in [3.05, 3.63) is 35.4 Å². The molecule has 1 nitrogen and oxygen atoms in total.